The average Bonchev–Trinajstić information content (AvgIpc) is 2.64. The summed E-state index contributed by atoms with van der Waals surface area (Å²) in [7, 11) is 3.26. The highest BCUT2D eigenvalue weighted by atomic mass is 16.5. The predicted octanol–water partition coefficient (Wildman–Crippen LogP) is 1.93. The summed E-state index contributed by atoms with van der Waals surface area (Å²) in [5.41, 5.74) is 1.01. The van der Waals surface area contributed by atoms with Gasteiger partial charge in [-0.2, -0.15) is 0 Å². The van der Waals surface area contributed by atoms with Gasteiger partial charge in [-0.3, -0.25) is 9.59 Å². The van der Waals surface area contributed by atoms with Gasteiger partial charge in [0.25, 0.3) is 0 Å². The molecule has 6 heteroatoms. The molecule has 2 rings (SSSR count). The van der Waals surface area contributed by atoms with Crippen LogP contribution in [0.2, 0.25) is 0 Å². The predicted molar refractivity (Wildman–Crippen MR) is 95.3 cm³/mol. The molecule has 0 spiro atoms. The number of hydrogen-bond donors (Lipinski definition) is 0. The Balaban J connectivity index is 2.02. The summed E-state index contributed by atoms with van der Waals surface area (Å²) in [6.07, 6.45) is 1.04. The highest BCUT2D eigenvalue weighted by molar-refractivity contribution is 5.83. The molecular weight excluding hydrogens is 320 g/mol. The summed E-state index contributed by atoms with van der Waals surface area (Å²) in [5.74, 6) is 0.848. The van der Waals surface area contributed by atoms with Gasteiger partial charge in [-0.15, -0.1) is 0 Å². The topological polar surface area (TPSA) is 59.1 Å². The van der Waals surface area contributed by atoms with Crippen LogP contribution in [0.1, 0.15) is 25.3 Å². The summed E-state index contributed by atoms with van der Waals surface area (Å²) in [6.45, 7) is 4.71. The van der Waals surface area contributed by atoms with Crippen LogP contribution in [-0.4, -0.2) is 62.1 Å². The van der Waals surface area contributed by atoms with Gasteiger partial charge in [0.05, 0.1) is 19.6 Å². The summed E-state index contributed by atoms with van der Waals surface area (Å²) in [5, 5.41) is 0. The molecule has 0 saturated carbocycles. The molecule has 1 heterocycles. The van der Waals surface area contributed by atoms with E-state index in [4.69, 9.17) is 9.47 Å². The lowest BCUT2D eigenvalue weighted by Crippen LogP contribution is -2.47. The van der Waals surface area contributed by atoms with E-state index in [9.17, 15) is 9.59 Å². The number of amides is 2. The smallest absolute Gasteiger partial charge is 0.227 e. The molecule has 1 atom stereocenters. The highest BCUT2D eigenvalue weighted by Crippen LogP contribution is 2.23. The minimum Gasteiger partial charge on any atom is -0.497 e. The van der Waals surface area contributed by atoms with Gasteiger partial charge in [-0.1, -0.05) is 12.1 Å². The minimum absolute atomic E-state index is 0.104. The Bertz CT molecular complexity index is 591. The maximum absolute atomic E-state index is 12.8. The minimum atomic E-state index is -0.139. The third-order valence-electron chi connectivity index (χ3n) is 4.62. The number of likely N-dealkylation sites (N-methyl/N-ethyl adjacent to an activating group) is 1. The fourth-order valence-corrected chi connectivity index (χ4v) is 3.14. The number of ether oxygens (including phenoxy) is 2. The maximum atomic E-state index is 12.8. The molecule has 1 aromatic rings. The van der Waals surface area contributed by atoms with Crippen LogP contribution in [-0.2, 0) is 20.9 Å². The number of methoxy groups -OCH3 is 2. The first kappa shape index (κ1) is 19.2. The second-order valence-corrected chi connectivity index (χ2v) is 6.27. The Morgan fingerprint density at radius 2 is 2.16 bits per heavy atom. The number of nitrogens with zero attached hydrogens (tertiary/aromatic N) is 2. The van der Waals surface area contributed by atoms with Gasteiger partial charge < -0.3 is 19.3 Å². The van der Waals surface area contributed by atoms with Crippen LogP contribution < -0.4 is 4.74 Å². The highest BCUT2D eigenvalue weighted by Gasteiger charge is 2.32. The van der Waals surface area contributed by atoms with Crippen LogP contribution in [0.3, 0.4) is 0 Å². The van der Waals surface area contributed by atoms with E-state index in [0.29, 0.717) is 45.6 Å². The molecule has 138 valence electrons. The van der Waals surface area contributed by atoms with E-state index in [0.717, 1.165) is 11.3 Å². The normalized spacial score (nSPS) is 17.5. The van der Waals surface area contributed by atoms with Crippen molar-refractivity contribution in [3.05, 3.63) is 29.8 Å². The van der Waals surface area contributed by atoms with E-state index >= 15 is 0 Å². The Morgan fingerprint density at radius 3 is 2.84 bits per heavy atom. The van der Waals surface area contributed by atoms with E-state index in [1.807, 2.05) is 36.1 Å². The molecule has 1 saturated heterocycles. The number of piperidine rings is 1. The zero-order chi connectivity index (χ0) is 18.2. The van der Waals surface area contributed by atoms with Crippen molar-refractivity contribution in [2.24, 2.45) is 5.92 Å². The average molecular weight is 348 g/mol. The van der Waals surface area contributed by atoms with Crippen LogP contribution in [0.15, 0.2) is 24.3 Å². The van der Waals surface area contributed by atoms with Crippen LogP contribution in [0.5, 0.6) is 5.75 Å². The molecule has 6 nitrogen and oxygen atoms in total. The lowest BCUT2D eigenvalue weighted by atomic mass is 9.95. The number of carbonyl (C=O) groups excluding carboxylic acids is 2. The fraction of sp³-hybridized carbons (Fsp3) is 0.579. The SMILES string of the molecule is CCN(CCOC)C(=O)C1CCC(=O)N(Cc2cccc(OC)c2)C1. The first-order valence-electron chi connectivity index (χ1n) is 8.77. The van der Waals surface area contributed by atoms with Crippen molar-refractivity contribution in [3.8, 4) is 5.75 Å². The Hall–Kier alpha value is -2.08. The van der Waals surface area contributed by atoms with Gasteiger partial charge in [0.15, 0.2) is 0 Å². The fourth-order valence-electron chi connectivity index (χ4n) is 3.14. The molecule has 0 aromatic heterocycles. The third-order valence-corrected chi connectivity index (χ3v) is 4.62. The van der Waals surface area contributed by atoms with Crippen molar-refractivity contribution < 1.29 is 19.1 Å². The second kappa shape index (κ2) is 9.42. The van der Waals surface area contributed by atoms with Crippen LogP contribution in [0.25, 0.3) is 0 Å². The van der Waals surface area contributed by atoms with Crippen molar-refractivity contribution in [3.63, 3.8) is 0 Å². The van der Waals surface area contributed by atoms with Crippen LogP contribution >= 0.6 is 0 Å². The molecule has 0 N–H and O–H groups in total. The van der Waals surface area contributed by atoms with Gasteiger partial charge >= 0.3 is 0 Å². The van der Waals surface area contributed by atoms with Crippen molar-refractivity contribution in [2.75, 3.05) is 40.5 Å². The van der Waals surface area contributed by atoms with Gasteiger partial charge in [0, 0.05) is 39.7 Å². The van der Waals surface area contributed by atoms with E-state index in [2.05, 4.69) is 0 Å². The molecular formula is C19H28N2O4. The van der Waals surface area contributed by atoms with Gasteiger partial charge in [0.2, 0.25) is 11.8 Å². The molecule has 0 aliphatic carbocycles. The Labute approximate surface area is 149 Å². The summed E-state index contributed by atoms with van der Waals surface area (Å²) in [6, 6.07) is 7.69. The Kier molecular flexibility index (Phi) is 7.25. The summed E-state index contributed by atoms with van der Waals surface area (Å²) in [4.78, 5) is 28.6. The largest absolute Gasteiger partial charge is 0.497 e. The maximum Gasteiger partial charge on any atom is 0.227 e. The van der Waals surface area contributed by atoms with E-state index < -0.39 is 0 Å². The summed E-state index contributed by atoms with van der Waals surface area (Å²) >= 11 is 0. The first-order valence-corrected chi connectivity index (χ1v) is 8.77. The number of carbonyl (C=O) groups is 2. The van der Waals surface area contributed by atoms with Crippen LogP contribution in [0, 0.1) is 5.92 Å². The van der Waals surface area contributed by atoms with E-state index in [1.165, 1.54) is 0 Å². The van der Waals surface area contributed by atoms with Crippen molar-refractivity contribution >= 4 is 11.8 Å². The summed E-state index contributed by atoms with van der Waals surface area (Å²) < 4.78 is 10.3. The third kappa shape index (κ3) is 5.19. The first-order chi connectivity index (χ1) is 12.1. The van der Waals surface area contributed by atoms with Gasteiger partial charge in [0.1, 0.15) is 5.75 Å². The Morgan fingerprint density at radius 1 is 1.36 bits per heavy atom. The lowest BCUT2D eigenvalue weighted by molar-refractivity contribution is -0.143. The van der Waals surface area contributed by atoms with Crippen molar-refractivity contribution in [1.29, 1.82) is 0 Å². The van der Waals surface area contributed by atoms with Crippen molar-refractivity contribution in [1.82, 2.24) is 9.80 Å². The number of likely N-dealkylation sites (tertiary alicyclic amines) is 1. The zero-order valence-corrected chi connectivity index (χ0v) is 15.4. The monoisotopic (exact) mass is 348 g/mol. The quantitative estimate of drug-likeness (QED) is 0.720. The second-order valence-electron chi connectivity index (χ2n) is 6.27. The van der Waals surface area contributed by atoms with E-state index in [-0.39, 0.29) is 17.7 Å². The molecule has 0 radical (unpaired) electrons. The standard InChI is InChI=1S/C19H28N2O4/c1-4-20(10-11-24-2)19(23)16-8-9-18(22)21(14-16)13-15-6-5-7-17(12-15)25-3/h5-7,12,16H,4,8-11,13-14H2,1-3H3. The van der Waals surface area contributed by atoms with Gasteiger partial charge in [-0.05, 0) is 31.0 Å². The zero-order valence-electron chi connectivity index (χ0n) is 15.4. The van der Waals surface area contributed by atoms with Crippen LogP contribution in [0.4, 0.5) is 0 Å². The number of rotatable bonds is 8. The molecule has 2 amide bonds. The molecule has 1 aliphatic heterocycles. The molecule has 1 fully saturated rings. The molecule has 1 aromatic carbocycles. The number of benzene rings is 1. The molecule has 1 unspecified atom stereocenters. The molecule has 25 heavy (non-hydrogen) atoms. The molecule has 0 bridgehead atoms. The lowest BCUT2D eigenvalue weighted by Gasteiger charge is -2.34. The van der Waals surface area contributed by atoms with Gasteiger partial charge in [-0.25, -0.2) is 0 Å². The van der Waals surface area contributed by atoms with Crippen molar-refractivity contribution in [2.45, 2.75) is 26.3 Å². The number of hydrogen-bond acceptors (Lipinski definition) is 4. The van der Waals surface area contributed by atoms with E-state index in [1.54, 1.807) is 19.1 Å². The molecule has 1 aliphatic rings.